The van der Waals surface area contributed by atoms with Crippen molar-refractivity contribution in [2.45, 2.75) is 84.2 Å². The van der Waals surface area contributed by atoms with Crippen molar-refractivity contribution < 1.29 is 24.2 Å². The molecule has 1 fully saturated rings. The van der Waals surface area contributed by atoms with Gasteiger partial charge >= 0.3 is 12.2 Å². The number of aliphatic hydroxyl groups excluding tert-OH is 1. The van der Waals surface area contributed by atoms with Crippen LogP contribution in [0.25, 0.3) is 0 Å². The predicted octanol–water partition coefficient (Wildman–Crippen LogP) is 4.18. The van der Waals surface area contributed by atoms with Gasteiger partial charge in [-0.1, -0.05) is 30.3 Å². The normalized spacial score (nSPS) is 19.5. The molecule has 30 heavy (non-hydrogen) atoms. The lowest BCUT2D eigenvalue weighted by molar-refractivity contribution is -0.0129. The van der Waals surface area contributed by atoms with Crippen molar-refractivity contribution in [3.63, 3.8) is 0 Å². The molecule has 0 radical (unpaired) electrons. The Bertz CT molecular complexity index is 687. The number of likely N-dealkylation sites (tertiary alicyclic amines) is 1. The first kappa shape index (κ1) is 24.0. The fourth-order valence-electron chi connectivity index (χ4n) is 3.80. The molecule has 2 amide bonds. The van der Waals surface area contributed by atoms with Gasteiger partial charge in [-0.15, -0.1) is 0 Å². The number of ether oxygens (including phenoxy) is 2. The smallest absolute Gasteiger partial charge is 0.410 e. The molecule has 1 aromatic rings. The highest BCUT2D eigenvalue weighted by Gasteiger charge is 2.38. The summed E-state index contributed by atoms with van der Waals surface area (Å²) in [6, 6.07) is 9.21. The van der Waals surface area contributed by atoms with Gasteiger partial charge in [0.25, 0.3) is 0 Å². The first-order valence-electron chi connectivity index (χ1n) is 10.7. The van der Waals surface area contributed by atoms with Gasteiger partial charge in [0.05, 0.1) is 6.04 Å². The molecule has 0 bridgehead atoms. The zero-order valence-electron chi connectivity index (χ0n) is 18.8. The number of hydrogen-bond donors (Lipinski definition) is 1. The molecule has 1 aliphatic rings. The van der Waals surface area contributed by atoms with E-state index in [-0.39, 0.29) is 37.4 Å². The van der Waals surface area contributed by atoms with Crippen molar-refractivity contribution >= 4 is 12.2 Å². The number of aliphatic hydroxyl groups is 1. The summed E-state index contributed by atoms with van der Waals surface area (Å²) in [5.41, 5.74) is 0.316. The molecule has 0 spiro atoms. The maximum atomic E-state index is 12.9. The van der Waals surface area contributed by atoms with E-state index in [1.54, 1.807) is 9.80 Å². The molecular weight excluding hydrogens is 384 g/mol. The summed E-state index contributed by atoms with van der Waals surface area (Å²) in [5, 5.41) is 9.42. The van der Waals surface area contributed by atoms with E-state index in [0.717, 1.165) is 12.0 Å². The molecule has 0 saturated carbocycles. The average Bonchev–Trinajstić information content (AvgIpc) is 2.67. The quantitative estimate of drug-likeness (QED) is 0.747. The summed E-state index contributed by atoms with van der Waals surface area (Å²) < 4.78 is 11.1. The molecule has 1 aromatic carbocycles. The number of rotatable bonds is 6. The molecular formula is C23H36N2O5. The molecule has 7 heteroatoms. The molecule has 2 atom stereocenters. The van der Waals surface area contributed by atoms with Crippen molar-refractivity contribution in [2.24, 2.45) is 0 Å². The van der Waals surface area contributed by atoms with Gasteiger partial charge in [0.15, 0.2) is 0 Å². The van der Waals surface area contributed by atoms with E-state index in [4.69, 9.17) is 9.47 Å². The number of amides is 2. The van der Waals surface area contributed by atoms with E-state index in [1.807, 2.05) is 65.0 Å². The Labute approximate surface area is 179 Å². The summed E-state index contributed by atoms with van der Waals surface area (Å²) in [5.74, 6) is 0. The van der Waals surface area contributed by atoms with Crippen LogP contribution in [-0.4, -0.2) is 64.0 Å². The van der Waals surface area contributed by atoms with Crippen molar-refractivity contribution in [1.29, 1.82) is 0 Å². The Morgan fingerprint density at radius 2 is 1.87 bits per heavy atom. The third-order valence-corrected chi connectivity index (χ3v) is 5.14. The molecule has 2 rings (SSSR count). The SMILES string of the molecule is CC(C)N(C(=O)OCc1ccccc1)[C@@H]1CC[C@@H](CCO)N(C(=O)OC(C)(C)C)C1. The summed E-state index contributed by atoms with van der Waals surface area (Å²) in [7, 11) is 0. The van der Waals surface area contributed by atoms with Gasteiger partial charge in [-0.2, -0.15) is 0 Å². The molecule has 1 heterocycles. The fraction of sp³-hybridized carbons (Fsp3) is 0.652. The van der Waals surface area contributed by atoms with E-state index < -0.39 is 11.7 Å². The molecule has 1 saturated heterocycles. The van der Waals surface area contributed by atoms with Crippen molar-refractivity contribution in [3.8, 4) is 0 Å². The number of nitrogens with zero attached hydrogens (tertiary/aromatic N) is 2. The molecule has 1 aliphatic heterocycles. The summed E-state index contributed by atoms with van der Waals surface area (Å²) in [4.78, 5) is 29.1. The Morgan fingerprint density at radius 3 is 2.43 bits per heavy atom. The van der Waals surface area contributed by atoms with Crippen LogP contribution in [0.15, 0.2) is 30.3 Å². The number of piperidine rings is 1. The topological polar surface area (TPSA) is 79.3 Å². The van der Waals surface area contributed by atoms with E-state index >= 15 is 0 Å². The van der Waals surface area contributed by atoms with Gasteiger partial charge in [0, 0.05) is 25.2 Å². The van der Waals surface area contributed by atoms with Crippen LogP contribution in [0.4, 0.5) is 9.59 Å². The number of carbonyl (C=O) groups is 2. The summed E-state index contributed by atoms with van der Waals surface area (Å²) in [6.45, 7) is 9.94. The zero-order chi connectivity index (χ0) is 22.3. The lowest BCUT2D eigenvalue weighted by Gasteiger charge is -2.44. The fourth-order valence-corrected chi connectivity index (χ4v) is 3.80. The minimum atomic E-state index is -0.611. The van der Waals surface area contributed by atoms with Gasteiger partial charge in [0.1, 0.15) is 12.2 Å². The first-order chi connectivity index (χ1) is 14.1. The van der Waals surface area contributed by atoms with Gasteiger partial charge in [0.2, 0.25) is 0 Å². The Morgan fingerprint density at radius 1 is 1.20 bits per heavy atom. The highest BCUT2D eigenvalue weighted by atomic mass is 16.6. The maximum absolute atomic E-state index is 12.9. The van der Waals surface area contributed by atoms with Crippen molar-refractivity contribution in [2.75, 3.05) is 13.2 Å². The highest BCUT2D eigenvalue weighted by molar-refractivity contribution is 5.70. The molecule has 0 aromatic heterocycles. The van der Waals surface area contributed by atoms with E-state index in [0.29, 0.717) is 19.4 Å². The van der Waals surface area contributed by atoms with Gasteiger partial charge in [-0.3, -0.25) is 0 Å². The molecule has 1 N–H and O–H groups in total. The molecule has 168 valence electrons. The van der Waals surface area contributed by atoms with Crippen LogP contribution in [0.3, 0.4) is 0 Å². The largest absolute Gasteiger partial charge is 0.445 e. The Kier molecular flexibility index (Phi) is 8.53. The van der Waals surface area contributed by atoms with Crippen LogP contribution in [0, 0.1) is 0 Å². The van der Waals surface area contributed by atoms with Crippen LogP contribution in [0.5, 0.6) is 0 Å². The Hall–Kier alpha value is -2.28. The highest BCUT2D eigenvalue weighted by Crippen LogP contribution is 2.27. The summed E-state index contributed by atoms with van der Waals surface area (Å²) >= 11 is 0. The minimum Gasteiger partial charge on any atom is -0.445 e. The predicted molar refractivity (Wildman–Crippen MR) is 115 cm³/mol. The monoisotopic (exact) mass is 420 g/mol. The third-order valence-electron chi connectivity index (χ3n) is 5.14. The molecule has 7 nitrogen and oxygen atoms in total. The number of carbonyl (C=O) groups excluding carboxylic acids is 2. The lowest BCUT2D eigenvalue weighted by Crippen LogP contribution is -2.57. The first-order valence-corrected chi connectivity index (χ1v) is 10.7. The standard InChI is InChI=1S/C23H36N2O5/c1-17(2)25(22(28)29-16-18-9-7-6-8-10-18)20-12-11-19(13-14-26)24(15-20)21(27)30-23(3,4)5/h6-10,17,19-20,26H,11-16H2,1-5H3/t19-,20+/m0/s1. The average molecular weight is 421 g/mol. The summed E-state index contributed by atoms with van der Waals surface area (Å²) in [6.07, 6.45) is 1.13. The minimum absolute atomic E-state index is 0.00163. The second kappa shape index (κ2) is 10.7. The van der Waals surface area contributed by atoms with Crippen LogP contribution in [-0.2, 0) is 16.1 Å². The van der Waals surface area contributed by atoms with Gasteiger partial charge in [-0.25, -0.2) is 9.59 Å². The van der Waals surface area contributed by atoms with Crippen LogP contribution in [0.1, 0.15) is 59.4 Å². The van der Waals surface area contributed by atoms with E-state index in [9.17, 15) is 14.7 Å². The third kappa shape index (κ3) is 6.90. The van der Waals surface area contributed by atoms with Crippen molar-refractivity contribution in [3.05, 3.63) is 35.9 Å². The van der Waals surface area contributed by atoms with Crippen LogP contribution in [0.2, 0.25) is 0 Å². The van der Waals surface area contributed by atoms with Gasteiger partial charge in [-0.05, 0) is 59.4 Å². The van der Waals surface area contributed by atoms with Gasteiger partial charge < -0.3 is 24.4 Å². The van der Waals surface area contributed by atoms with Crippen molar-refractivity contribution in [1.82, 2.24) is 9.80 Å². The number of hydrogen-bond acceptors (Lipinski definition) is 5. The van der Waals surface area contributed by atoms with Crippen LogP contribution >= 0.6 is 0 Å². The second-order valence-corrected chi connectivity index (χ2v) is 9.07. The maximum Gasteiger partial charge on any atom is 0.410 e. The van der Waals surface area contributed by atoms with E-state index in [2.05, 4.69) is 0 Å². The zero-order valence-corrected chi connectivity index (χ0v) is 18.8. The molecule has 0 aliphatic carbocycles. The molecule has 0 unspecified atom stereocenters. The van der Waals surface area contributed by atoms with E-state index in [1.165, 1.54) is 0 Å². The second-order valence-electron chi connectivity index (χ2n) is 9.07. The van der Waals surface area contributed by atoms with Crippen LogP contribution < -0.4 is 0 Å². The lowest BCUT2D eigenvalue weighted by atomic mass is 9.95. The Balaban J connectivity index is 2.10. The number of benzene rings is 1.